The SMILES string of the molecule is O=C1CCN2Cc3ccccc3CC2N1. The molecule has 1 fully saturated rings. The van der Waals surface area contributed by atoms with Gasteiger partial charge in [-0.1, -0.05) is 24.3 Å². The summed E-state index contributed by atoms with van der Waals surface area (Å²) in [4.78, 5) is 13.6. The Morgan fingerprint density at radius 1 is 1.27 bits per heavy atom. The monoisotopic (exact) mass is 202 g/mol. The van der Waals surface area contributed by atoms with Gasteiger partial charge in [0.1, 0.15) is 0 Å². The highest BCUT2D eigenvalue weighted by atomic mass is 16.2. The van der Waals surface area contributed by atoms with Gasteiger partial charge in [0.2, 0.25) is 5.91 Å². The molecule has 1 amide bonds. The predicted octanol–water partition coefficient (Wildman–Crippen LogP) is 0.891. The molecular weight excluding hydrogens is 188 g/mol. The van der Waals surface area contributed by atoms with Gasteiger partial charge < -0.3 is 5.32 Å². The van der Waals surface area contributed by atoms with Gasteiger partial charge in [0.15, 0.2) is 0 Å². The Kier molecular flexibility index (Phi) is 1.99. The first-order valence-corrected chi connectivity index (χ1v) is 5.43. The third kappa shape index (κ3) is 1.53. The molecule has 3 rings (SSSR count). The Morgan fingerprint density at radius 2 is 2.07 bits per heavy atom. The summed E-state index contributed by atoms with van der Waals surface area (Å²) in [6.45, 7) is 1.87. The molecular formula is C12H14N2O. The van der Waals surface area contributed by atoms with E-state index in [-0.39, 0.29) is 12.1 Å². The van der Waals surface area contributed by atoms with Gasteiger partial charge in [0.25, 0.3) is 0 Å². The second kappa shape index (κ2) is 3.35. The number of amides is 1. The van der Waals surface area contributed by atoms with Gasteiger partial charge in [-0.15, -0.1) is 0 Å². The lowest BCUT2D eigenvalue weighted by atomic mass is 9.96. The number of benzene rings is 1. The molecule has 3 nitrogen and oxygen atoms in total. The van der Waals surface area contributed by atoms with Gasteiger partial charge in [-0.05, 0) is 11.1 Å². The Bertz CT molecular complexity index is 402. The molecule has 1 unspecified atom stereocenters. The van der Waals surface area contributed by atoms with Crippen molar-refractivity contribution in [3.8, 4) is 0 Å². The summed E-state index contributed by atoms with van der Waals surface area (Å²) in [5, 5.41) is 3.05. The number of nitrogens with zero attached hydrogens (tertiary/aromatic N) is 1. The van der Waals surface area contributed by atoms with Crippen LogP contribution >= 0.6 is 0 Å². The van der Waals surface area contributed by atoms with E-state index in [9.17, 15) is 4.79 Å². The smallest absolute Gasteiger partial charge is 0.222 e. The molecule has 0 spiro atoms. The number of hydrogen-bond acceptors (Lipinski definition) is 2. The lowest BCUT2D eigenvalue weighted by molar-refractivity contribution is -0.127. The molecule has 1 saturated heterocycles. The standard InChI is InChI=1S/C12H14N2O/c15-12-5-6-14-8-10-4-2-1-3-9(10)7-11(14)13-12/h1-4,11H,5-8H2,(H,13,15). The molecule has 15 heavy (non-hydrogen) atoms. The molecule has 2 aliphatic rings. The normalized spacial score (nSPS) is 25.3. The molecule has 1 aromatic rings. The highest BCUT2D eigenvalue weighted by Gasteiger charge is 2.30. The lowest BCUT2D eigenvalue weighted by Crippen LogP contribution is -2.56. The largest absolute Gasteiger partial charge is 0.340 e. The summed E-state index contributed by atoms with van der Waals surface area (Å²) in [6, 6.07) is 8.50. The van der Waals surface area contributed by atoms with E-state index in [0.29, 0.717) is 6.42 Å². The van der Waals surface area contributed by atoms with E-state index in [1.54, 1.807) is 0 Å². The lowest BCUT2D eigenvalue weighted by Gasteiger charge is -2.40. The van der Waals surface area contributed by atoms with Crippen LogP contribution in [0.1, 0.15) is 17.5 Å². The second-order valence-electron chi connectivity index (χ2n) is 4.28. The van der Waals surface area contributed by atoms with Crippen molar-refractivity contribution in [3.63, 3.8) is 0 Å². The van der Waals surface area contributed by atoms with Crippen molar-refractivity contribution < 1.29 is 4.79 Å². The Balaban J connectivity index is 1.90. The van der Waals surface area contributed by atoms with Crippen molar-refractivity contribution in [3.05, 3.63) is 35.4 Å². The number of nitrogens with one attached hydrogen (secondary N) is 1. The maximum atomic E-state index is 11.3. The molecule has 0 bridgehead atoms. The minimum Gasteiger partial charge on any atom is -0.340 e. The van der Waals surface area contributed by atoms with Crippen molar-refractivity contribution in [1.29, 1.82) is 0 Å². The van der Waals surface area contributed by atoms with Crippen molar-refractivity contribution in [2.75, 3.05) is 6.54 Å². The van der Waals surface area contributed by atoms with Crippen molar-refractivity contribution in [1.82, 2.24) is 10.2 Å². The minimum atomic E-state index is 0.190. The van der Waals surface area contributed by atoms with Gasteiger partial charge in [-0.3, -0.25) is 9.69 Å². The van der Waals surface area contributed by atoms with E-state index < -0.39 is 0 Å². The van der Waals surface area contributed by atoms with E-state index in [1.807, 2.05) is 0 Å². The quantitative estimate of drug-likeness (QED) is 0.677. The predicted molar refractivity (Wildman–Crippen MR) is 57.1 cm³/mol. The average Bonchev–Trinajstić information content (AvgIpc) is 2.26. The molecule has 3 heteroatoms. The van der Waals surface area contributed by atoms with Crippen LogP contribution in [0.4, 0.5) is 0 Å². The first-order valence-electron chi connectivity index (χ1n) is 5.43. The summed E-state index contributed by atoms with van der Waals surface area (Å²) in [5.74, 6) is 0.190. The van der Waals surface area contributed by atoms with Crippen LogP contribution in [0.25, 0.3) is 0 Å². The topological polar surface area (TPSA) is 32.3 Å². The molecule has 0 radical (unpaired) electrons. The summed E-state index contributed by atoms with van der Waals surface area (Å²) in [6.07, 6.45) is 1.81. The Morgan fingerprint density at radius 3 is 2.93 bits per heavy atom. The zero-order chi connectivity index (χ0) is 10.3. The van der Waals surface area contributed by atoms with Crippen LogP contribution in [0.2, 0.25) is 0 Å². The molecule has 1 atom stereocenters. The number of fused-ring (bicyclic) bond motifs is 2. The van der Waals surface area contributed by atoms with Crippen LogP contribution in [-0.4, -0.2) is 23.5 Å². The number of carbonyl (C=O) groups is 1. The minimum absolute atomic E-state index is 0.190. The molecule has 0 aliphatic carbocycles. The number of rotatable bonds is 0. The molecule has 0 aromatic heterocycles. The van der Waals surface area contributed by atoms with E-state index in [1.165, 1.54) is 11.1 Å². The summed E-state index contributed by atoms with van der Waals surface area (Å²) < 4.78 is 0. The Labute approximate surface area is 89.1 Å². The molecule has 78 valence electrons. The maximum absolute atomic E-state index is 11.3. The van der Waals surface area contributed by atoms with Gasteiger partial charge in [-0.25, -0.2) is 0 Å². The van der Waals surface area contributed by atoms with E-state index >= 15 is 0 Å². The fraction of sp³-hybridized carbons (Fsp3) is 0.417. The molecule has 0 saturated carbocycles. The van der Waals surface area contributed by atoms with E-state index in [2.05, 4.69) is 34.5 Å². The first-order chi connectivity index (χ1) is 7.33. The third-order valence-corrected chi connectivity index (χ3v) is 3.30. The van der Waals surface area contributed by atoms with Crippen molar-refractivity contribution >= 4 is 5.91 Å². The third-order valence-electron chi connectivity index (χ3n) is 3.30. The van der Waals surface area contributed by atoms with E-state index in [4.69, 9.17) is 0 Å². The van der Waals surface area contributed by atoms with Crippen molar-refractivity contribution in [2.24, 2.45) is 0 Å². The highest BCUT2D eigenvalue weighted by Crippen LogP contribution is 2.23. The van der Waals surface area contributed by atoms with Gasteiger partial charge >= 0.3 is 0 Å². The van der Waals surface area contributed by atoms with Crippen LogP contribution in [0, 0.1) is 0 Å². The zero-order valence-electron chi connectivity index (χ0n) is 8.57. The summed E-state index contributed by atoms with van der Waals surface area (Å²) in [7, 11) is 0. The van der Waals surface area contributed by atoms with Gasteiger partial charge in [0, 0.05) is 25.9 Å². The maximum Gasteiger partial charge on any atom is 0.222 e. The van der Waals surface area contributed by atoms with Crippen LogP contribution in [0.5, 0.6) is 0 Å². The molecule has 1 N–H and O–H groups in total. The van der Waals surface area contributed by atoms with Crippen LogP contribution < -0.4 is 5.32 Å². The summed E-state index contributed by atoms with van der Waals surface area (Å²) in [5.41, 5.74) is 2.78. The molecule has 2 heterocycles. The zero-order valence-corrected chi connectivity index (χ0v) is 8.57. The van der Waals surface area contributed by atoms with E-state index in [0.717, 1.165) is 19.5 Å². The van der Waals surface area contributed by atoms with Gasteiger partial charge in [0.05, 0.1) is 6.17 Å². The van der Waals surface area contributed by atoms with Crippen molar-refractivity contribution in [2.45, 2.75) is 25.6 Å². The average molecular weight is 202 g/mol. The Hall–Kier alpha value is -1.35. The fourth-order valence-electron chi connectivity index (χ4n) is 2.46. The number of carbonyl (C=O) groups excluding carboxylic acids is 1. The van der Waals surface area contributed by atoms with Crippen LogP contribution in [-0.2, 0) is 17.8 Å². The summed E-state index contributed by atoms with van der Waals surface area (Å²) >= 11 is 0. The molecule has 1 aromatic carbocycles. The highest BCUT2D eigenvalue weighted by molar-refractivity contribution is 5.77. The second-order valence-corrected chi connectivity index (χ2v) is 4.28. The van der Waals surface area contributed by atoms with Gasteiger partial charge in [-0.2, -0.15) is 0 Å². The first kappa shape index (κ1) is 8.92. The van der Waals surface area contributed by atoms with Crippen LogP contribution in [0.3, 0.4) is 0 Å². The number of hydrogen-bond donors (Lipinski definition) is 1. The fourth-order valence-corrected chi connectivity index (χ4v) is 2.46. The molecule has 2 aliphatic heterocycles. The van der Waals surface area contributed by atoms with Crippen LogP contribution in [0.15, 0.2) is 24.3 Å².